The molecule has 1 aliphatic heterocycles. The molecule has 0 aliphatic carbocycles. The van der Waals surface area contributed by atoms with Crippen molar-refractivity contribution in [2.75, 3.05) is 20.1 Å². The van der Waals surface area contributed by atoms with Crippen molar-refractivity contribution in [2.24, 2.45) is 0 Å². The van der Waals surface area contributed by atoms with Crippen LogP contribution in [0.5, 0.6) is 0 Å². The summed E-state index contributed by atoms with van der Waals surface area (Å²) in [6, 6.07) is 14.8. The summed E-state index contributed by atoms with van der Waals surface area (Å²) in [5.74, 6) is -1.84. The van der Waals surface area contributed by atoms with Gasteiger partial charge in [-0.15, -0.1) is 0 Å². The molecular formula is C23H26FN3O3. The Bertz CT molecular complexity index is 902. The maximum absolute atomic E-state index is 13.1. The summed E-state index contributed by atoms with van der Waals surface area (Å²) in [5.41, 5.74) is 1.74. The Balaban J connectivity index is 1.65. The second kappa shape index (κ2) is 9.52. The molecule has 0 radical (unpaired) electrons. The summed E-state index contributed by atoms with van der Waals surface area (Å²) in [4.78, 5) is 42.8. The Morgan fingerprint density at radius 2 is 1.67 bits per heavy atom. The zero-order valence-electron chi connectivity index (χ0n) is 17.3. The van der Waals surface area contributed by atoms with Crippen LogP contribution in [0.15, 0.2) is 54.6 Å². The Hall–Kier alpha value is -3.22. The van der Waals surface area contributed by atoms with E-state index in [-0.39, 0.29) is 24.8 Å². The minimum atomic E-state index is -0.678. The molecule has 0 spiro atoms. The highest BCUT2D eigenvalue weighted by atomic mass is 19.1. The van der Waals surface area contributed by atoms with Gasteiger partial charge in [0, 0.05) is 33.2 Å². The molecule has 1 aliphatic rings. The third-order valence-corrected chi connectivity index (χ3v) is 5.32. The Morgan fingerprint density at radius 3 is 2.30 bits per heavy atom. The molecule has 0 N–H and O–H groups in total. The topological polar surface area (TPSA) is 60.9 Å². The van der Waals surface area contributed by atoms with Gasteiger partial charge in [0.25, 0.3) is 0 Å². The molecule has 3 amide bonds. The predicted octanol–water partition coefficient (Wildman–Crippen LogP) is 2.43. The molecule has 1 heterocycles. The van der Waals surface area contributed by atoms with Crippen LogP contribution in [-0.2, 0) is 27.5 Å². The minimum absolute atomic E-state index is 0.186. The summed E-state index contributed by atoms with van der Waals surface area (Å²) in [5, 5.41) is 0. The lowest BCUT2D eigenvalue weighted by Gasteiger charge is -2.38. The van der Waals surface area contributed by atoms with Gasteiger partial charge in [0.05, 0.1) is 0 Å². The van der Waals surface area contributed by atoms with Crippen LogP contribution in [0.25, 0.3) is 0 Å². The number of carbonyl (C=O) groups is 3. The summed E-state index contributed by atoms with van der Waals surface area (Å²) in [6.45, 7) is 3.12. The normalized spacial score (nSPS) is 15.3. The average molecular weight is 411 g/mol. The lowest BCUT2D eigenvalue weighted by molar-refractivity contribution is -0.161. The van der Waals surface area contributed by atoms with Gasteiger partial charge >= 0.3 is 11.8 Å². The van der Waals surface area contributed by atoms with Crippen LogP contribution < -0.4 is 0 Å². The van der Waals surface area contributed by atoms with E-state index in [9.17, 15) is 18.8 Å². The fourth-order valence-corrected chi connectivity index (χ4v) is 3.67. The SMILES string of the molecule is CC[C@@H](C(=O)N(C)Cc1ccccc1)N1CCN(Cc2ccc(F)cc2)C(=O)C1=O. The minimum Gasteiger partial charge on any atom is -0.340 e. The molecule has 6 nitrogen and oxygen atoms in total. The van der Waals surface area contributed by atoms with Gasteiger partial charge in [0.2, 0.25) is 5.91 Å². The number of piperazine rings is 1. The van der Waals surface area contributed by atoms with E-state index >= 15 is 0 Å². The highest BCUT2D eigenvalue weighted by molar-refractivity contribution is 6.35. The maximum Gasteiger partial charge on any atom is 0.312 e. The first-order chi connectivity index (χ1) is 14.4. The maximum atomic E-state index is 13.1. The molecule has 158 valence electrons. The summed E-state index contributed by atoms with van der Waals surface area (Å²) in [7, 11) is 1.70. The zero-order valence-corrected chi connectivity index (χ0v) is 17.3. The van der Waals surface area contributed by atoms with Crippen LogP contribution in [-0.4, -0.2) is 58.6 Å². The number of halogens is 1. The van der Waals surface area contributed by atoms with Crippen LogP contribution >= 0.6 is 0 Å². The number of amides is 3. The molecule has 1 saturated heterocycles. The molecule has 0 bridgehead atoms. The monoisotopic (exact) mass is 411 g/mol. The second-order valence-electron chi connectivity index (χ2n) is 7.46. The molecular weight excluding hydrogens is 385 g/mol. The van der Waals surface area contributed by atoms with Crippen molar-refractivity contribution >= 4 is 17.7 Å². The summed E-state index contributed by atoms with van der Waals surface area (Å²) >= 11 is 0. The fraction of sp³-hybridized carbons (Fsp3) is 0.348. The van der Waals surface area contributed by atoms with Crippen LogP contribution in [0.1, 0.15) is 24.5 Å². The quantitative estimate of drug-likeness (QED) is 0.658. The average Bonchev–Trinajstić information content (AvgIpc) is 2.75. The predicted molar refractivity (Wildman–Crippen MR) is 111 cm³/mol. The first-order valence-corrected chi connectivity index (χ1v) is 10.0. The van der Waals surface area contributed by atoms with E-state index < -0.39 is 17.9 Å². The third-order valence-electron chi connectivity index (χ3n) is 5.32. The number of hydrogen-bond acceptors (Lipinski definition) is 3. The number of rotatable bonds is 7. The Morgan fingerprint density at radius 1 is 1.00 bits per heavy atom. The van der Waals surface area contributed by atoms with Gasteiger partial charge in [-0.1, -0.05) is 49.4 Å². The van der Waals surface area contributed by atoms with Gasteiger partial charge < -0.3 is 14.7 Å². The van der Waals surface area contributed by atoms with E-state index in [1.54, 1.807) is 24.1 Å². The lowest BCUT2D eigenvalue weighted by Crippen LogP contribution is -2.60. The zero-order chi connectivity index (χ0) is 21.7. The van der Waals surface area contributed by atoms with Gasteiger partial charge in [0.15, 0.2) is 0 Å². The number of nitrogens with zero attached hydrogens (tertiary/aromatic N) is 3. The highest BCUT2D eigenvalue weighted by Gasteiger charge is 2.39. The molecule has 7 heteroatoms. The Kier molecular flexibility index (Phi) is 6.82. The van der Waals surface area contributed by atoms with E-state index in [0.29, 0.717) is 19.5 Å². The van der Waals surface area contributed by atoms with Gasteiger partial charge in [-0.3, -0.25) is 14.4 Å². The molecule has 1 atom stereocenters. The molecule has 2 aromatic rings. The van der Waals surface area contributed by atoms with Gasteiger partial charge in [0.1, 0.15) is 11.9 Å². The van der Waals surface area contributed by atoms with Gasteiger partial charge in [-0.25, -0.2) is 4.39 Å². The third kappa shape index (κ3) is 4.84. The van der Waals surface area contributed by atoms with Crippen LogP contribution in [0.3, 0.4) is 0 Å². The van der Waals surface area contributed by atoms with Crippen molar-refractivity contribution in [1.29, 1.82) is 0 Å². The van der Waals surface area contributed by atoms with Crippen LogP contribution in [0.4, 0.5) is 4.39 Å². The first-order valence-electron chi connectivity index (χ1n) is 10.0. The summed E-state index contributed by atoms with van der Waals surface area (Å²) in [6.07, 6.45) is 0.426. The number of carbonyl (C=O) groups excluding carboxylic acids is 3. The second-order valence-corrected chi connectivity index (χ2v) is 7.46. The van der Waals surface area contributed by atoms with E-state index in [4.69, 9.17) is 0 Å². The van der Waals surface area contributed by atoms with E-state index in [1.807, 2.05) is 37.3 Å². The molecule has 0 unspecified atom stereocenters. The number of hydrogen-bond donors (Lipinski definition) is 0. The van der Waals surface area contributed by atoms with Crippen LogP contribution in [0.2, 0.25) is 0 Å². The van der Waals surface area contributed by atoms with Crippen molar-refractivity contribution in [2.45, 2.75) is 32.5 Å². The standard InChI is InChI=1S/C23H26FN3O3/c1-3-20(21(28)25(2)15-17-7-5-4-6-8-17)27-14-13-26(22(29)23(27)30)16-18-9-11-19(24)12-10-18/h4-12,20H,3,13-16H2,1-2H3/t20-/m0/s1. The first kappa shape index (κ1) is 21.5. The molecule has 0 saturated carbocycles. The fourth-order valence-electron chi connectivity index (χ4n) is 3.67. The molecule has 30 heavy (non-hydrogen) atoms. The van der Waals surface area contributed by atoms with Crippen molar-refractivity contribution < 1.29 is 18.8 Å². The Labute approximate surface area is 175 Å². The van der Waals surface area contributed by atoms with Crippen molar-refractivity contribution in [3.8, 4) is 0 Å². The molecule has 0 aromatic heterocycles. The molecule has 1 fully saturated rings. The number of likely N-dealkylation sites (N-methyl/N-ethyl adjacent to an activating group) is 1. The van der Waals surface area contributed by atoms with E-state index in [0.717, 1.165) is 11.1 Å². The van der Waals surface area contributed by atoms with Gasteiger partial charge in [-0.2, -0.15) is 0 Å². The van der Waals surface area contributed by atoms with Crippen molar-refractivity contribution in [3.63, 3.8) is 0 Å². The van der Waals surface area contributed by atoms with Crippen molar-refractivity contribution in [3.05, 3.63) is 71.5 Å². The van der Waals surface area contributed by atoms with Crippen molar-refractivity contribution in [1.82, 2.24) is 14.7 Å². The van der Waals surface area contributed by atoms with E-state index in [2.05, 4.69) is 0 Å². The highest BCUT2D eigenvalue weighted by Crippen LogP contribution is 2.17. The van der Waals surface area contributed by atoms with Crippen LogP contribution in [0, 0.1) is 5.82 Å². The molecule has 2 aromatic carbocycles. The lowest BCUT2D eigenvalue weighted by atomic mass is 10.1. The molecule has 3 rings (SSSR count). The number of benzene rings is 2. The summed E-state index contributed by atoms with van der Waals surface area (Å²) < 4.78 is 13.1. The smallest absolute Gasteiger partial charge is 0.312 e. The van der Waals surface area contributed by atoms with Gasteiger partial charge in [-0.05, 0) is 29.7 Å². The van der Waals surface area contributed by atoms with E-state index in [1.165, 1.54) is 21.9 Å². The largest absolute Gasteiger partial charge is 0.340 e.